The normalized spacial score (nSPS) is 13.8. The summed E-state index contributed by atoms with van der Waals surface area (Å²) in [4.78, 5) is 5.07. The van der Waals surface area contributed by atoms with E-state index in [1.54, 1.807) is 0 Å². The van der Waals surface area contributed by atoms with Crippen molar-refractivity contribution in [1.29, 1.82) is 0 Å². The quantitative estimate of drug-likeness (QED) is 0.152. The first-order valence-corrected chi connectivity index (χ1v) is 21.6. The van der Waals surface area contributed by atoms with Gasteiger partial charge in [0.1, 0.15) is 0 Å². The predicted molar refractivity (Wildman–Crippen MR) is 252 cm³/mol. The van der Waals surface area contributed by atoms with E-state index in [2.05, 4.69) is 192 Å². The third-order valence-electron chi connectivity index (χ3n) is 13.9. The highest BCUT2D eigenvalue weighted by molar-refractivity contribution is 5.84. The summed E-state index contributed by atoms with van der Waals surface area (Å²) in [6, 6.07) is 33.8. The molecule has 1 fully saturated rings. The second-order valence-corrected chi connectivity index (χ2v) is 18.2. The second kappa shape index (κ2) is 15.9. The molecule has 0 N–H and O–H groups in total. The molecule has 0 unspecified atom stereocenters. The van der Waals surface area contributed by atoms with Crippen LogP contribution < -0.4 is 9.80 Å². The van der Waals surface area contributed by atoms with Gasteiger partial charge in [-0.25, -0.2) is 0 Å². The van der Waals surface area contributed by atoms with Crippen LogP contribution in [-0.4, -0.2) is 0 Å². The molecular weight excluding hydrogens is 701 g/mol. The Bertz CT molecular complexity index is 2260. The summed E-state index contributed by atoms with van der Waals surface area (Å²) in [6.07, 6.45) is 6.11. The van der Waals surface area contributed by atoms with Crippen molar-refractivity contribution in [3.8, 4) is 0 Å². The van der Waals surface area contributed by atoms with E-state index in [0.29, 0.717) is 0 Å². The van der Waals surface area contributed by atoms with Gasteiger partial charge >= 0.3 is 0 Å². The zero-order valence-corrected chi connectivity index (χ0v) is 38.0. The van der Waals surface area contributed by atoms with Crippen molar-refractivity contribution in [1.82, 2.24) is 0 Å². The molecule has 0 radical (unpaired) electrons. The number of anilines is 6. The summed E-state index contributed by atoms with van der Waals surface area (Å²) in [7, 11) is 0. The number of hydrogen-bond donors (Lipinski definition) is 0. The summed E-state index contributed by atoms with van der Waals surface area (Å²) in [5.74, 6) is 0. The van der Waals surface area contributed by atoms with E-state index in [9.17, 15) is 0 Å². The predicted octanol–water partition coefficient (Wildman–Crippen LogP) is 16.2. The average Bonchev–Trinajstić information content (AvgIpc) is 3.17. The van der Waals surface area contributed by atoms with E-state index in [-0.39, 0.29) is 5.41 Å². The Balaban J connectivity index is 1.37. The van der Waals surface area contributed by atoms with Crippen LogP contribution >= 0.6 is 0 Å². The zero-order chi connectivity index (χ0) is 41.8. The Morgan fingerprint density at radius 3 is 0.810 bits per heavy atom. The lowest BCUT2D eigenvalue weighted by molar-refractivity contribution is 0.346. The van der Waals surface area contributed by atoms with Crippen molar-refractivity contribution in [2.75, 3.05) is 9.80 Å². The van der Waals surface area contributed by atoms with Gasteiger partial charge in [0, 0.05) is 39.5 Å². The van der Waals surface area contributed by atoms with Crippen molar-refractivity contribution in [3.05, 3.63) is 174 Å². The van der Waals surface area contributed by atoms with Gasteiger partial charge in [-0.05, 0) is 235 Å². The molecule has 0 spiro atoms. The Morgan fingerprint density at radius 2 is 0.534 bits per heavy atom. The van der Waals surface area contributed by atoms with Crippen LogP contribution in [0.4, 0.5) is 34.1 Å². The van der Waals surface area contributed by atoms with Crippen LogP contribution in [0.1, 0.15) is 121 Å². The molecular formula is C56H66N2. The van der Waals surface area contributed by atoms with Gasteiger partial charge in [0.05, 0.1) is 0 Å². The van der Waals surface area contributed by atoms with E-state index in [0.717, 1.165) is 12.8 Å². The van der Waals surface area contributed by atoms with E-state index >= 15 is 0 Å². The maximum absolute atomic E-state index is 2.54. The standard InChI is InChI=1S/C56H66N2/c1-34-24-42(9)52(30-38(34)5)57(53-31-39(6)35(2)25-43(53)10)50-20-18-48(28-46(50)13)56(22-16-15-17-23-56)49-19-21-51(47(14)29-49)58(54-32-40(7)36(3)26-44(54)11)55-33-41(8)37(4)27-45(55)12/h18-21,24-33H,15-17,22-23H2,1-14H3. The highest BCUT2D eigenvalue weighted by Crippen LogP contribution is 2.50. The largest absolute Gasteiger partial charge is 0.310 e. The van der Waals surface area contributed by atoms with E-state index in [4.69, 9.17) is 0 Å². The van der Waals surface area contributed by atoms with Crippen LogP contribution in [0.5, 0.6) is 0 Å². The summed E-state index contributed by atoms with van der Waals surface area (Å²) in [5.41, 5.74) is 28.8. The van der Waals surface area contributed by atoms with Gasteiger partial charge in [-0.2, -0.15) is 0 Å². The van der Waals surface area contributed by atoms with Gasteiger partial charge in [-0.1, -0.05) is 67.8 Å². The molecule has 0 saturated heterocycles. The van der Waals surface area contributed by atoms with Crippen LogP contribution in [0.25, 0.3) is 0 Å². The number of aryl methyl sites for hydroxylation is 14. The Hall–Kier alpha value is -5.08. The first-order chi connectivity index (χ1) is 27.5. The van der Waals surface area contributed by atoms with Crippen LogP contribution in [0.3, 0.4) is 0 Å². The average molecular weight is 767 g/mol. The molecule has 0 heterocycles. The van der Waals surface area contributed by atoms with Crippen LogP contribution in [0, 0.1) is 96.9 Å². The summed E-state index contributed by atoms with van der Waals surface area (Å²) in [5, 5.41) is 0. The maximum atomic E-state index is 2.54. The van der Waals surface area contributed by atoms with Crippen LogP contribution in [0.2, 0.25) is 0 Å². The van der Waals surface area contributed by atoms with Crippen molar-refractivity contribution in [2.24, 2.45) is 0 Å². The number of rotatable bonds is 8. The maximum Gasteiger partial charge on any atom is 0.0493 e. The van der Waals surface area contributed by atoms with Crippen molar-refractivity contribution >= 4 is 34.1 Å². The minimum atomic E-state index is -0.0417. The fourth-order valence-electron chi connectivity index (χ4n) is 9.83. The topological polar surface area (TPSA) is 6.48 Å². The first kappa shape index (κ1) is 41.1. The Kier molecular flexibility index (Phi) is 11.3. The minimum Gasteiger partial charge on any atom is -0.310 e. The van der Waals surface area contributed by atoms with Gasteiger partial charge in [-0.3, -0.25) is 0 Å². The molecule has 0 aliphatic heterocycles. The monoisotopic (exact) mass is 767 g/mol. The molecule has 0 atom stereocenters. The SMILES string of the molecule is Cc1cc(C)c(N(c2ccc(C3(c4ccc(N(c5cc(C)c(C)cc5C)c5cc(C)c(C)cc5C)c(C)c4)CCCCC3)cc2C)c2cc(C)c(C)cc2C)cc1C. The third kappa shape index (κ3) is 7.40. The third-order valence-corrected chi connectivity index (χ3v) is 13.9. The Labute approximate surface area is 351 Å². The molecule has 6 aromatic carbocycles. The minimum absolute atomic E-state index is 0.0417. The van der Waals surface area contributed by atoms with E-state index in [1.165, 1.54) is 142 Å². The molecule has 1 aliphatic carbocycles. The molecule has 1 saturated carbocycles. The van der Waals surface area contributed by atoms with Crippen LogP contribution in [0.15, 0.2) is 84.9 Å². The highest BCUT2D eigenvalue weighted by Gasteiger charge is 2.37. The lowest BCUT2D eigenvalue weighted by Crippen LogP contribution is -2.31. The number of nitrogens with zero attached hydrogens (tertiary/aromatic N) is 2. The lowest BCUT2D eigenvalue weighted by Gasteiger charge is -2.40. The smallest absolute Gasteiger partial charge is 0.0493 e. The summed E-state index contributed by atoms with van der Waals surface area (Å²) >= 11 is 0. The van der Waals surface area contributed by atoms with Crippen molar-refractivity contribution < 1.29 is 0 Å². The van der Waals surface area contributed by atoms with E-state index < -0.39 is 0 Å². The molecule has 7 rings (SSSR count). The molecule has 58 heavy (non-hydrogen) atoms. The lowest BCUT2D eigenvalue weighted by atomic mass is 9.65. The summed E-state index contributed by atoms with van der Waals surface area (Å²) < 4.78 is 0. The molecule has 1 aliphatic rings. The van der Waals surface area contributed by atoms with Crippen LogP contribution in [-0.2, 0) is 5.41 Å². The molecule has 6 aromatic rings. The molecule has 2 nitrogen and oxygen atoms in total. The fraction of sp³-hybridized carbons (Fsp3) is 0.357. The van der Waals surface area contributed by atoms with Gasteiger partial charge in [-0.15, -0.1) is 0 Å². The molecule has 0 amide bonds. The number of hydrogen-bond acceptors (Lipinski definition) is 2. The highest BCUT2D eigenvalue weighted by atomic mass is 15.2. The molecule has 0 bridgehead atoms. The molecule has 300 valence electrons. The van der Waals surface area contributed by atoms with E-state index in [1.807, 2.05) is 0 Å². The number of benzene rings is 6. The van der Waals surface area contributed by atoms with Gasteiger partial charge < -0.3 is 9.80 Å². The molecule has 0 aromatic heterocycles. The first-order valence-electron chi connectivity index (χ1n) is 21.6. The van der Waals surface area contributed by atoms with Gasteiger partial charge in [0.25, 0.3) is 0 Å². The van der Waals surface area contributed by atoms with Gasteiger partial charge in [0.2, 0.25) is 0 Å². The second-order valence-electron chi connectivity index (χ2n) is 18.2. The summed E-state index contributed by atoms with van der Waals surface area (Å²) in [6.45, 7) is 31.6. The Morgan fingerprint density at radius 1 is 0.276 bits per heavy atom. The zero-order valence-electron chi connectivity index (χ0n) is 38.0. The fourth-order valence-corrected chi connectivity index (χ4v) is 9.83. The molecule has 2 heteroatoms. The van der Waals surface area contributed by atoms with Gasteiger partial charge in [0.15, 0.2) is 0 Å². The van der Waals surface area contributed by atoms with Crippen molar-refractivity contribution in [2.45, 2.75) is 134 Å². The van der Waals surface area contributed by atoms with Crippen molar-refractivity contribution in [3.63, 3.8) is 0 Å².